The van der Waals surface area contributed by atoms with Crippen LogP contribution in [0.15, 0.2) is 30.6 Å². The molecule has 0 atom stereocenters. The minimum atomic E-state index is -0.843. The number of carboxylic acids is 1. The topological polar surface area (TPSA) is 105 Å². The summed E-state index contributed by atoms with van der Waals surface area (Å²) in [5.41, 5.74) is 0.738. The second-order valence-corrected chi connectivity index (χ2v) is 4.23. The number of aliphatic carboxylic acids is 1. The minimum Gasteiger partial charge on any atom is -0.481 e. The molecule has 0 saturated heterocycles. The van der Waals surface area contributed by atoms with Crippen LogP contribution < -0.4 is 5.32 Å². The summed E-state index contributed by atoms with van der Waals surface area (Å²) < 4.78 is 0. The molecule has 0 aliphatic heterocycles. The van der Waals surface area contributed by atoms with Crippen LogP contribution in [0.25, 0.3) is 10.8 Å². The summed E-state index contributed by atoms with van der Waals surface area (Å²) in [4.78, 5) is 24.8. The van der Waals surface area contributed by atoms with Gasteiger partial charge in [0.25, 0.3) is 5.69 Å². The molecule has 104 valence electrons. The maximum atomic E-state index is 11.0. The van der Waals surface area contributed by atoms with Crippen LogP contribution in [0.5, 0.6) is 0 Å². The Morgan fingerprint density at radius 2 is 2.15 bits per heavy atom. The van der Waals surface area contributed by atoms with E-state index in [1.54, 1.807) is 18.3 Å². The quantitative estimate of drug-likeness (QED) is 0.476. The third kappa shape index (κ3) is 3.00. The number of nitro groups is 1. The lowest BCUT2D eigenvalue weighted by Gasteiger charge is -2.09. The number of carbonyl (C=O) groups is 1. The van der Waals surface area contributed by atoms with Gasteiger partial charge in [-0.05, 0) is 18.6 Å². The van der Waals surface area contributed by atoms with Gasteiger partial charge in [0.05, 0.1) is 10.3 Å². The van der Waals surface area contributed by atoms with Gasteiger partial charge in [0.2, 0.25) is 0 Å². The average Bonchev–Trinajstić information content (AvgIpc) is 2.43. The van der Waals surface area contributed by atoms with Gasteiger partial charge in [-0.2, -0.15) is 0 Å². The Labute approximate surface area is 114 Å². The third-order valence-electron chi connectivity index (χ3n) is 2.87. The van der Waals surface area contributed by atoms with Gasteiger partial charge in [-0.1, -0.05) is 0 Å². The molecule has 0 aliphatic carbocycles. The fraction of sp³-hybridized carbons (Fsp3) is 0.231. The van der Waals surface area contributed by atoms with Crippen molar-refractivity contribution >= 4 is 28.1 Å². The van der Waals surface area contributed by atoms with E-state index < -0.39 is 10.9 Å². The van der Waals surface area contributed by atoms with Crippen molar-refractivity contribution in [1.82, 2.24) is 4.98 Å². The fourth-order valence-electron chi connectivity index (χ4n) is 1.95. The number of hydrogen-bond acceptors (Lipinski definition) is 5. The van der Waals surface area contributed by atoms with E-state index in [0.29, 0.717) is 23.7 Å². The van der Waals surface area contributed by atoms with Crippen LogP contribution in [0, 0.1) is 10.1 Å². The van der Waals surface area contributed by atoms with Crippen LogP contribution in [0.3, 0.4) is 0 Å². The summed E-state index contributed by atoms with van der Waals surface area (Å²) in [5.74, 6) is -0.843. The van der Waals surface area contributed by atoms with Crippen LogP contribution in [-0.4, -0.2) is 27.5 Å². The minimum absolute atomic E-state index is 0.00388. The average molecular weight is 275 g/mol. The molecular formula is C13H13N3O4. The van der Waals surface area contributed by atoms with Gasteiger partial charge >= 0.3 is 5.97 Å². The summed E-state index contributed by atoms with van der Waals surface area (Å²) in [6.45, 7) is 0.488. The summed E-state index contributed by atoms with van der Waals surface area (Å²) in [5, 5.41) is 23.8. The molecule has 0 fully saturated rings. The van der Waals surface area contributed by atoms with Crippen molar-refractivity contribution in [1.29, 1.82) is 0 Å². The molecule has 7 nitrogen and oxygen atoms in total. The van der Waals surface area contributed by atoms with Gasteiger partial charge in [-0.3, -0.25) is 19.9 Å². The van der Waals surface area contributed by atoms with Crippen LogP contribution in [0.1, 0.15) is 12.8 Å². The lowest BCUT2D eigenvalue weighted by atomic mass is 10.1. The van der Waals surface area contributed by atoms with Gasteiger partial charge in [0, 0.05) is 42.5 Å². The molecule has 1 aromatic heterocycles. The summed E-state index contributed by atoms with van der Waals surface area (Å²) in [6.07, 6.45) is 3.59. The van der Waals surface area contributed by atoms with Crippen molar-refractivity contribution < 1.29 is 14.8 Å². The number of rotatable bonds is 6. The summed E-state index contributed by atoms with van der Waals surface area (Å²) >= 11 is 0. The summed E-state index contributed by atoms with van der Waals surface area (Å²) in [7, 11) is 0. The zero-order valence-electron chi connectivity index (χ0n) is 10.6. The lowest BCUT2D eigenvalue weighted by molar-refractivity contribution is -0.383. The number of pyridine rings is 1. The molecule has 1 heterocycles. The molecule has 2 N–H and O–H groups in total. The Bertz CT molecular complexity index is 657. The predicted octanol–water partition coefficient (Wildman–Crippen LogP) is 2.42. The van der Waals surface area contributed by atoms with Gasteiger partial charge in [-0.15, -0.1) is 0 Å². The van der Waals surface area contributed by atoms with Crippen molar-refractivity contribution in [3.8, 4) is 0 Å². The molecular weight excluding hydrogens is 262 g/mol. The Kier molecular flexibility index (Phi) is 4.09. The van der Waals surface area contributed by atoms with Crippen molar-refractivity contribution in [2.75, 3.05) is 11.9 Å². The number of aromatic nitrogens is 1. The van der Waals surface area contributed by atoms with E-state index in [9.17, 15) is 14.9 Å². The highest BCUT2D eigenvalue weighted by Gasteiger charge is 2.13. The molecule has 0 bridgehead atoms. The molecule has 0 aliphatic rings. The number of fused-ring (bicyclic) bond motifs is 1. The molecule has 1 aromatic carbocycles. The van der Waals surface area contributed by atoms with Crippen molar-refractivity contribution in [2.45, 2.75) is 12.8 Å². The maximum absolute atomic E-state index is 11.0. The van der Waals surface area contributed by atoms with Gasteiger partial charge in [0.1, 0.15) is 0 Å². The van der Waals surface area contributed by atoms with Gasteiger partial charge in [-0.25, -0.2) is 0 Å². The number of non-ortho nitro benzene ring substituents is 1. The predicted molar refractivity (Wildman–Crippen MR) is 73.8 cm³/mol. The molecule has 0 saturated carbocycles. The first kappa shape index (κ1) is 13.7. The zero-order chi connectivity index (χ0) is 14.5. The highest BCUT2D eigenvalue weighted by molar-refractivity contribution is 5.99. The second-order valence-electron chi connectivity index (χ2n) is 4.23. The number of carboxylic acid groups (broad SMARTS) is 1. The van der Waals surface area contributed by atoms with E-state index in [-0.39, 0.29) is 12.1 Å². The van der Waals surface area contributed by atoms with Gasteiger partial charge < -0.3 is 10.4 Å². The number of nitro benzene ring substituents is 1. The fourth-order valence-corrected chi connectivity index (χ4v) is 1.95. The Balaban J connectivity index is 2.24. The van der Waals surface area contributed by atoms with Crippen LogP contribution in [0.2, 0.25) is 0 Å². The maximum Gasteiger partial charge on any atom is 0.303 e. The normalized spacial score (nSPS) is 10.4. The van der Waals surface area contributed by atoms with Gasteiger partial charge in [0.15, 0.2) is 0 Å². The van der Waals surface area contributed by atoms with E-state index in [1.165, 1.54) is 12.3 Å². The molecule has 0 unspecified atom stereocenters. The molecule has 0 radical (unpaired) electrons. The SMILES string of the molecule is O=C(O)CCCNc1ccc([N+](=O)[O-])c2cnccc12. The summed E-state index contributed by atoms with van der Waals surface area (Å²) in [6, 6.07) is 4.74. The third-order valence-corrected chi connectivity index (χ3v) is 2.87. The van der Waals surface area contributed by atoms with Crippen LogP contribution in [-0.2, 0) is 4.79 Å². The van der Waals surface area contributed by atoms with E-state index in [1.807, 2.05) is 0 Å². The lowest BCUT2D eigenvalue weighted by Crippen LogP contribution is -2.05. The van der Waals surface area contributed by atoms with Crippen molar-refractivity contribution in [3.05, 3.63) is 40.7 Å². The highest BCUT2D eigenvalue weighted by Crippen LogP contribution is 2.30. The number of anilines is 1. The van der Waals surface area contributed by atoms with Crippen molar-refractivity contribution in [3.63, 3.8) is 0 Å². The number of benzene rings is 1. The Hall–Kier alpha value is -2.70. The molecule has 20 heavy (non-hydrogen) atoms. The molecule has 2 aromatic rings. The number of hydrogen-bond donors (Lipinski definition) is 2. The molecule has 0 spiro atoms. The zero-order valence-corrected chi connectivity index (χ0v) is 10.6. The largest absolute Gasteiger partial charge is 0.481 e. The van der Waals surface area contributed by atoms with E-state index >= 15 is 0 Å². The van der Waals surface area contributed by atoms with Crippen LogP contribution >= 0.6 is 0 Å². The first-order valence-electron chi connectivity index (χ1n) is 6.06. The van der Waals surface area contributed by atoms with E-state index in [4.69, 9.17) is 5.11 Å². The highest BCUT2D eigenvalue weighted by atomic mass is 16.6. The molecule has 0 amide bonds. The van der Waals surface area contributed by atoms with E-state index in [0.717, 1.165) is 5.69 Å². The second kappa shape index (κ2) is 5.96. The smallest absolute Gasteiger partial charge is 0.303 e. The first-order valence-corrected chi connectivity index (χ1v) is 6.06. The number of nitrogens with zero attached hydrogens (tertiary/aromatic N) is 2. The monoisotopic (exact) mass is 275 g/mol. The van der Waals surface area contributed by atoms with E-state index in [2.05, 4.69) is 10.3 Å². The van der Waals surface area contributed by atoms with Crippen LogP contribution in [0.4, 0.5) is 11.4 Å². The molecule has 2 rings (SSSR count). The Morgan fingerprint density at radius 1 is 1.35 bits per heavy atom. The first-order chi connectivity index (χ1) is 9.59. The standard InChI is InChI=1S/C13H13N3O4/c17-13(18)2-1-6-15-11-3-4-12(16(19)20)10-8-14-7-5-9(10)11/h3-5,7-8,15H,1-2,6H2,(H,17,18). The Morgan fingerprint density at radius 3 is 2.85 bits per heavy atom. The molecule has 7 heteroatoms. The van der Waals surface area contributed by atoms with Crippen molar-refractivity contribution in [2.24, 2.45) is 0 Å². The number of nitrogens with one attached hydrogen (secondary N) is 1.